The molecule has 0 fully saturated rings. The van der Waals surface area contributed by atoms with Crippen LogP contribution in [0, 0.1) is 5.92 Å². The zero-order valence-corrected chi connectivity index (χ0v) is 9.77. The van der Waals surface area contributed by atoms with E-state index in [0.29, 0.717) is 18.7 Å². The fourth-order valence-electron chi connectivity index (χ4n) is 1.65. The van der Waals surface area contributed by atoms with E-state index < -0.39 is 0 Å². The molecule has 16 heavy (non-hydrogen) atoms. The van der Waals surface area contributed by atoms with Gasteiger partial charge in [-0.2, -0.15) is 0 Å². The van der Waals surface area contributed by atoms with E-state index in [0.717, 1.165) is 11.3 Å². The first-order valence-corrected chi connectivity index (χ1v) is 5.27. The van der Waals surface area contributed by atoms with Crippen molar-refractivity contribution in [2.24, 2.45) is 11.7 Å². The van der Waals surface area contributed by atoms with Crippen LogP contribution >= 0.6 is 0 Å². The Morgan fingerprint density at radius 2 is 2.06 bits per heavy atom. The summed E-state index contributed by atoms with van der Waals surface area (Å²) in [7, 11) is 3.21. The average molecular weight is 225 g/mol. The first kappa shape index (κ1) is 12.8. The van der Waals surface area contributed by atoms with Crippen molar-refractivity contribution in [1.82, 2.24) is 0 Å². The van der Waals surface area contributed by atoms with Gasteiger partial charge in [0.15, 0.2) is 11.5 Å². The third kappa shape index (κ3) is 2.87. The zero-order valence-electron chi connectivity index (χ0n) is 9.77. The third-order valence-corrected chi connectivity index (χ3v) is 2.58. The molecule has 0 heterocycles. The van der Waals surface area contributed by atoms with Crippen LogP contribution in [0.15, 0.2) is 18.2 Å². The van der Waals surface area contributed by atoms with Crippen LogP contribution < -0.4 is 15.2 Å². The Kier molecular flexibility index (Phi) is 5.08. The van der Waals surface area contributed by atoms with E-state index in [1.54, 1.807) is 14.2 Å². The molecule has 4 heteroatoms. The third-order valence-electron chi connectivity index (χ3n) is 2.58. The molecule has 1 aromatic rings. The summed E-state index contributed by atoms with van der Waals surface area (Å²) < 4.78 is 10.5. The Labute approximate surface area is 96.0 Å². The Morgan fingerprint density at radius 1 is 1.31 bits per heavy atom. The number of hydrogen-bond acceptors (Lipinski definition) is 4. The Hall–Kier alpha value is -1.26. The van der Waals surface area contributed by atoms with Crippen molar-refractivity contribution in [3.8, 4) is 11.5 Å². The van der Waals surface area contributed by atoms with Crippen molar-refractivity contribution in [2.75, 3.05) is 27.4 Å². The lowest BCUT2D eigenvalue weighted by Crippen LogP contribution is -2.20. The molecule has 1 unspecified atom stereocenters. The van der Waals surface area contributed by atoms with Crippen molar-refractivity contribution in [1.29, 1.82) is 0 Å². The smallest absolute Gasteiger partial charge is 0.163 e. The van der Waals surface area contributed by atoms with E-state index >= 15 is 0 Å². The van der Waals surface area contributed by atoms with E-state index in [1.165, 1.54) is 0 Å². The van der Waals surface area contributed by atoms with Gasteiger partial charge in [-0.25, -0.2) is 0 Å². The fraction of sp³-hybridized carbons (Fsp3) is 0.500. The summed E-state index contributed by atoms with van der Waals surface area (Å²) in [6, 6.07) is 5.71. The lowest BCUT2D eigenvalue weighted by Gasteiger charge is -2.16. The van der Waals surface area contributed by atoms with Crippen LogP contribution in [0.3, 0.4) is 0 Å². The van der Waals surface area contributed by atoms with Gasteiger partial charge >= 0.3 is 0 Å². The van der Waals surface area contributed by atoms with Crippen LogP contribution in [0.25, 0.3) is 0 Å². The molecule has 0 radical (unpaired) electrons. The number of para-hydroxylation sites is 1. The predicted octanol–water partition coefficient (Wildman–Crippen LogP) is 0.814. The standard InChI is InChI=1S/C12H19NO3/c1-15-11-5-3-4-10(12(11)16-2)6-9(7-13)8-14/h3-5,9,14H,6-8,13H2,1-2H3. The van der Waals surface area contributed by atoms with Gasteiger partial charge in [0.2, 0.25) is 0 Å². The van der Waals surface area contributed by atoms with Gasteiger partial charge in [0.1, 0.15) is 0 Å². The number of aliphatic hydroxyl groups excluding tert-OH is 1. The number of ether oxygens (including phenoxy) is 2. The predicted molar refractivity (Wildman–Crippen MR) is 62.9 cm³/mol. The lowest BCUT2D eigenvalue weighted by atomic mass is 9.99. The normalized spacial score (nSPS) is 12.2. The molecule has 0 spiro atoms. The largest absolute Gasteiger partial charge is 0.493 e. The molecule has 0 aromatic heterocycles. The van der Waals surface area contributed by atoms with E-state index in [-0.39, 0.29) is 12.5 Å². The van der Waals surface area contributed by atoms with Crippen LogP contribution in [0.5, 0.6) is 11.5 Å². The molecule has 0 amide bonds. The summed E-state index contributed by atoms with van der Waals surface area (Å²) in [5.41, 5.74) is 6.57. The molecule has 1 aromatic carbocycles. The molecule has 1 rings (SSSR count). The molecule has 90 valence electrons. The summed E-state index contributed by atoms with van der Waals surface area (Å²) in [6.07, 6.45) is 0.688. The lowest BCUT2D eigenvalue weighted by molar-refractivity contribution is 0.228. The minimum atomic E-state index is 0.0565. The number of nitrogens with two attached hydrogens (primary N) is 1. The molecular weight excluding hydrogens is 206 g/mol. The maximum Gasteiger partial charge on any atom is 0.163 e. The molecule has 4 nitrogen and oxygen atoms in total. The van der Waals surface area contributed by atoms with Gasteiger partial charge < -0.3 is 20.3 Å². The maximum absolute atomic E-state index is 9.13. The van der Waals surface area contributed by atoms with Gasteiger partial charge in [0.05, 0.1) is 14.2 Å². The van der Waals surface area contributed by atoms with Gasteiger partial charge in [-0.1, -0.05) is 12.1 Å². The Bertz CT molecular complexity index is 324. The second kappa shape index (κ2) is 6.35. The number of methoxy groups -OCH3 is 2. The highest BCUT2D eigenvalue weighted by Crippen LogP contribution is 2.31. The highest BCUT2D eigenvalue weighted by molar-refractivity contribution is 5.46. The monoisotopic (exact) mass is 225 g/mol. The van der Waals surface area contributed by atoms with Gasteiger partial charge in [0, 0.05) is 6.61 Å². The molecule has 3 N–H and O–H groups in total. The van der Waals surface area contributed by atoms with Crippen LogP contribution in [0.2, 0.25) is 0 Å². The summed E-state index contributed by atoms with van der Waals surface area (Å²) in [6.45, 7) is 0.535. The summed E-state index contributed by atoms with van der Waals surface area (Å²) in [4.78, 5) is 0. The van der Waals surface area contributed by atoms with Gasteiger partial charge in [-0.05, 0) is 30.5 Å². The van der Waals surface area contributed by atoms with Gasteiger partial charge in [0.25, 0.3) is 0 Å². The Balaban J connectivity index is 2.94. The number of aliphatic hydroxyl groups is 1. The second-order valence-corrected chi connectivity index (χ2v) is 3.64. The highest BCUT2D eigenvalue weighted by atomic mass is 16.5. The van der Waals surface area contributed by atoms with Crippen molar-refractivity contribution in [3.05, 3.63) is 23.8 Å². The summed E-state index contributed by atoms with van der Waals surface area (Å²) >= 11 is 0. The molecule has 0 bridgehead atoms. The topological polar surface area (TPSA) is 64.7 Å². The minimum Gasteiger partial charge on any atom is -0.493 e. The molecule has 0 saturated carbocycles. The molecular formula is C12H19NO3. The molecule has 0 aliphatic carbocycles. The number of benzene rings is 1. The van der Waals surface area contributed by atoms with Crippen LogP contribution in [0.1, 0.15) is 5.56 Å². The van der Waals surface area contributed by atoms with E-state index in [9.17, 15) is 0 Å². The first-order valence-electron chi connectivity index (χ1n) is 5.27. The molecule has 1 atom stereocenters. The average Bonchev–Trinajstić information content (AvgIpc) is 2.35. The van der Waals surface area contributed by atoms with Crippen LogP contribution in [-0.4, -0.2) is 32.5 Å². The SMILES string of the molecule is COc1cccc(CC(CN)CO)c1OC. The fourth-order valence-corrected chi connectivity index (χ4v) is 1.65. The maximum atomic E-state index is 9.13. The quantitative estimate of drug-likeness (QED) is 0.752. The second-order valence-electron chi connectivity index (χ2n) is 3.64. The molecule has 0 saturated heterocycles. The van der Waals surface area contributed by atoms with Crippen molar-refractivity contribution < 1.29 is 14.6 Å². The molecule has 0 aliphatic heterocycles. The zero-order chi connectivity index (χ0) is 12.0. The number of hydrogen-bond donors (Lipinski definition) is 2. The molecule has 0 aliphatic rings. The van der Waals surface area contributed by atoms with Gasteiger partial charge in [-0.3, -0.25) is 0 Å². The summed E-state index contributed by atoms with van der Waals surface area (Å²) in [5, 5.41) is 9.13. The van der Waals surface area contributed by atoms with Crippen molar-refractivity contribution >= 4 is 0 Å². The number of rotatable bonds is 6. The highest BCUT2D eigenvalue weighted by Gasteiger charge is 2.13. The first-order chi connectivity index (χ1) is 7.76. The van der Waals surface area contributed by atoms with Crippen LogP contribution in [-0.2, 0) is 6.42 Å². The van der Waals surface area contributed by atoms with Crippen molar-refractivity contribution in [3.63, 3.8) is 0 Å². The van der Waals surface area contributed by atoms with E-state index in [2.05, 4.69) is 0 Å². The van der Waals surface area contributed by atoms with E-state index in [4.69, 9.17) is 20.3 Å². The van der Waals surface area contributed by atoms with Gasteiger partial charge in [-0.15, -0.1) is 0 Å². The Morgan fingerprint density at radius 3 is 2.56 bits per heavy atom. The summed E-state index contributed by atoms with van der Waals surface area (Å²) in [5.74, 6) is 1.48. The van der Waals surface area contributed by atoms with E-state index in [1.807, 2.05) is 18.2 Å². The van der Waals surface area contributed by atoms with Crippen LogP contribution in [0.4, 0.5) is 0 Å². The van der Waals surface area contributed by atoms with Crippen molar-refractivity contribution in [2.45, 2.75) is 6.42 Å². The minimum absolute atomic E-state index is 0.0565.